The van der Waals surface area contributed by atoms with Crippen LogP contribution in [0.5, 0.6) is 5.75 Å². The Balaban J connectivity index is 1.39. The third-order valence-electron chi connectivity index (χ3n) is 6.05. The Morgan fingerprint density at radius 2 is 1.73 bits per heavy atom. The molecule has 0 saturated carbocycles. The largest absolute Gasteiger partial charge is 0.497 e. The normalized spacial score (nSPS) is 18.2. The zero-order valence-electron chi connectivity index (χ0n) is 18.5. The molecular formula is C23H28FN3O5S. The number of anilines is 1. The zero-order valence-corrected chi connectivity index (χ0v) is 19.3. The molecule has 178 valence electrons. The van der Waals surface area contributed by atoms with Crippen molar-refractivity contribution in [2.45, 2.75) is 23.8 Å². The quantitative estimate of drug-likeness (QED) is 0.687. The fourth-order valence-electron chi connectivity index (χ4n) is 4.11. The molecule has 0 spiro atoms. The first-order chi connectivity index (χ1) is 15.9. The second-order valence-electron chi connectivity index (χ2n) is 8.09. The number of benzene rings is 2. The lowest BCUT2D eigenvalue weighted by Crippen LogP contribution is -2.44. The number of hydrogen-bond donors (Lipinski definition) is 1. The maximum atomic E-state index is 14.4. The van der Waals surface area contributed by atoms with E-state index in [0.717, 1.165) is 49.5 Å². The molecule has 2 aliphatic heterocycles. The highest BCUT2D eigenvalue weighted by Crippen LogP contribution is 2.24. The van der Waals surface area contributed by atoms with Gasteiger partial charge >= 0.3 is 0 Å². The summed E-state index contributed by atoms with van der Waals surface area (Å²) in [6, 6.07) is 11.3. The maximum absolute atomic E-state index is 14.4. The third-order valence-corrected chi connectivity index (χ3v) is 7.96. The molecule has 2 fully saturated rings. The Morgan fingerprint density at radius 1 is 1.06 bits per heavy atom. The Morgan fingerprint density at radius 3 is 2.36 bits per heavy atom. The Labute approximate surface area is 193 Å². The van der Waals surface area contributed by atoms with Crippen LogP contribution in [0.25, 0.3) is 0 Å². The molecule has 1 N–H and O–H groups in total. The van der Waals surface area contributed by atoms with E-state index in [1.165, 1.54) is 10.4 Å². The second-order valence-corrected chi connectivity index (χ2v) is 10.0. The van der Waals surface area contributed by atoms with Crippen molar-refractivity contribution >= 4 is 21.6 Å². The monoisotopic (exact) mass is 477 g/mol. The van der Waals surface area contributed by atoms with Crippen molar-refractivity contribution in [3.05, 3.63) is 53.8 Å². The van der Waals surface area contributed by atoms with Crippen LogP contribution >= 0.6 is 0 Å². The summed E-state index contributed by atoms with van der Waals surface area (Å²) in [6.07, 6.45) is 1.50. The van der Waals surface area contributed by atoms with Gasteiger partial charge in [0.05, 0.1) is 20.3 Å². The van der Waals surface area contributed by atoms with Gasteiger partial charge in [-0.2, -0.15) is 4.31 Å². The van der Waals surface area contributed by atoms with Gasteiger partial charge in [0.15, 0.2) is 0 Å². The molecule has 2 heterocycles. The molecule has 0 unspecified atom stereocenters. The summed E-state index contributed by atoms with van der Waals surface area (Å²) in [5.74, 6) is -0.475. The Hall–Kier alpha value is -2.69. The molecule has 8 nitrogen and oxygen atoms in total. The number of rotatable bonds is 6. The Bertz CT molecular complexity index is 1080. The van der Waals surface area contributed by atoms with Crippen molar-refractivity contribution < 1.29 is 27.1 Å². The topological polar surface area (TPSA) is 88.2 Å². The number of amides is 1. The lowest BCUT2D eigenvalue weighted by atomic mass is 10.0. The van der Waals surface area contributed by atoms with E-state index < -0.39 is 26.6 Å². The number of sulfonamides is 1. The number of piperidine rings is 1. The van der Waals surface area contributed by atoms with E-state index in [9.17, 15) is 17.6 Å². The summed E-state index contributed by atoms with van der Waals surface area (Å²) in [7, 11) is -2.41. The Kier molecular flexibility index (Phi) is 7.16. The van der Waals surface area contributed by atoms with E-state index in [2.05, 4.69) is 10.2 Å². The van der Waals surface area contributed by atoms with Crippen molar-refractivity contribution in [2.24, 2.45) is 0 Å². The highest BCUT2D eigenvalue weighted by atomic mass is 32.2. The van der Waals surface area contributed by atoms with Crippen molar-refractivity contribution in [3.8, 4) is 5.75 Å². The molecule has 0 bridgehead atoms. The van der Waals surface area contributed by atoms with Crippen LogP contribution in [0.15, 0.2) is 47.4 Å². The van der Waals surface area contributed by atoms with E-state index in [1.54, 1.807) is 7.11 Å². The van der Waals surface area contributed by atoms with Gasteiger partial charge in [0, 0.05) is 43.5 Å². The SMILES string of the molecule is COc1ccc(N2CCC(NC(=O)c3ccc(F)c(S(=O)(=O)N4CCOCC4)c3)CC2)cc1. The van der Waals surface area contributed by atoms with Gasteiger partial charge in [0.2, 0.25) is 10.0 Å². The molecule has 2 aromatic rings. The first kappa shape index (κ1) is 23.5. The number of carbonyl (C=O) groups is 1. The lowest BCUT2D eigenvalue weighted by molar-refractivity contribution is 0.0729. The van der Waals surface area contributed by atoms with Gasteiger partial charge < -0.3 is 19.7 Å². The van der Waals surface area contributed by atoms with Crippen molar-refractivity contribution in [3.63, 3.8) is 0 Å². The van der Waals surface area contributed by atoms with Crippen LogP contribution in [0, 0.1) is 5.82 Å². The van der Waals surface area contributed by atoms with Gasteiger partial charge in [-0.25, -0.2) is 12.8 Å². The average molecular weight is 478 g/mol. The summed E-state index contributed by atoms with van der Waals surface area (Å²) in [5.41, 5.74) is 1.22. The van der Waals surface area contributed by atoms with Crippen LogP contribution in [0.3, 0.4) is 0 Å². The summed E-state index contributed by atoms with van der Waals surface area (Å²) >= 11 is 0. The standard InChI is InChI=1S/C23H28FN3O5S/c1-31-20-5-3-19(4-6-20)26-10-8-18(9-11-26)25-23(28)17-2-7-21(24)22(16-17)33(29,30)27-12-14-32-15-13-27/h2-7,16,18H,8-15H2,1H3,(H,25,28). The molecule has 1 amide bonds. The molecule has 0 atom stereocenters. The minimum Gasteiger partial charge on any atom is -0.497 e. The highest BCUT2D eigenvalue weighted by Gasteiger charge is 2.30. The predicted molar refractivity (Wildman–Crippen MR) is 122 cm³/mol. The minimum atomic E-state index is -4.04. The number of ether oxygens (including phenoxy) is 2. The van der Waals surface area contributed by atoms with Crippen LogP contribution in [0.4, 0.5) is 10.1 Å². The molecule has 33 heavy (non-hydrogen) atoms. The number of morpholine rings is 1. The smallest absolute Gasteiger partial charge is 0.251 e. The number of halogens is 1. The lowest BCUT2D eigenvalue weighted by Gasteiger charge is -2.34. The van der Waals surface area contributed by atoms with Gasteiger partial charge in [0.25, 0.3) is 5.91 Å². The molecule has 0 aromatic heterocycles. The van der Waals surface area contributed by atoms with Crippen LogP contribution in [0.1, 0.15) is 23.2 Å². The van der Waals surface area contributed by atoms with Crippen LogP contribution in [-0.2, 0) is 14.8 Å². The summed E-state index contributed by atoms with van der Waals surface area (Å²) in [4.78, 5) is 14.6. The maximum Gasteiger partial charge on any atom is 0.251 e. The highest BCUT2D eigenvalue weighted by molar-refractivity contribution is 7.89. The third kappa shape index (κ3) is 5.29. The van der Waals surface area contributed by atoms with Gasteiger partial charge in [-0.15, -0.1) is 0 Å². The molecule has 0 radical (unpaired) electrons. The number of methoxy groups -OCH3 is 1. The summed E-state index contributed by atoms with van der Waals surface area (Å²) in [6.45, 7) is 2.39. The number of hydrogen-bond acceptors (Lipinski definition) is 6. The second kappa shape index (κ2) is 10.1. The van der Waals surface area contributed by atoms with Crippen molar-refractivity contribution in [2.75, 3.05) is 51.4 Å². The first-order valence-corrected chi connectivity index (χ1v) is 12.4. The van der Waals surface area contributed by atoms with Crippen molar-refractivity contribution in [1.82, 2.24) is 9.62 Å². The van der Waals surface area contributed by atoms with Gasteiger partial charge in [-0.1, -0.05) is 0 Å². The fraction of sp³-hybridized carbons (Fsp3) is 0.435. The van der Waals surface area contributed by atoms with Gasteiger partial charge in [0.1, 0.15) is 16.5 Å². The molecular weight excluding hydrogens is 449 g/mol. The van der Waals surface area contributed by atoms with Gasteiger partial charge in [-0.3, -0.25) is 4.79 Å². The van der Waals surface area contributed by atoms with Crippen LogP contribution in [0.2, 0.25) is 0 Å². The molecule has 10 heteroatoms. The van der Waals surface area contributed by atoms with E-state index in [1.807, 2.05) is 24.3 Å². The zero-order chi connectivity index (χ0) is 23.4. The fourth-order valence-corrected chi connectivity index (χ4v) is 5.61. The van der Waals surface area contributed by atoms with E-state index in [-0.39, 0.29) is 37.9 Å². The molecule has 2 aromatic carbocycles. The van der Waals surface area contributed by atoms with E-state index in [0.29, 0.717) is 0 Å². The molecule has 0 aliphatic carbocycles. The molecule has 2 saturated heterocycles. The molecule has 2 aliphatic rings. The molecule has 4 rings (SSSR count). The first-order valence-electron chi connectivity index (χ1n) is 11.0. The van der Waals surface area contributed by atoms with Gasteiger partial charge in [-0.05, 0) is 55.3 Å². The minimum absolute atomic E-state index is 0.0450. The summed E-state index contributed by atoms with van der Waals surface area (Å²) in [5, 5.41) is 2.97. The van der Waals surface area contributed by atoms with E-state index >= 15 is 0 Å². The predicted octanol–water partition coefficient (Wildman–Crippen LogP) is 2.25. The van der Waals surface area contributed by atoms with Crippen molar-refractivity contribution in [1.29, 1.82) is 0 Å². The summed E-state index contributed by atoms with van der Waals surface area (Å²) < 4.78 is 51.7. The van der Waals surface area contributed by atoms with Crippen LogP contribution < -0.4 is 15.0 Å². The van der Waals surface area contributed by atoms with Crippen LogP contribution in [-0.4, -0.2) is 71.2 Å². The average Bonchev–Trinajstić information content (AvgIpc) is 2.85. The number of nitrogens with one attached hydrogen (secondary N) is 1. The van der Waals surface area contributed by atoms with E-state index in [4.69, 9.17) is 9.47 Å². The number of nitrogens with zero attached hydrogens (tertiary/aromatic N) is 2. The number of carbonyl (C=O) groups excluding carboxylic acids is 1.